The van der Waals surface area contributed by atoms with Crippen LogP contribution in [-0.4, -0.2) is 49.7 Å². The number of nitrogens with zero attached hydrogens (tertiary/aromatic N) is 2. The van der Waals surface area contributed by atoms with Gasteiger partial charge in [0.2, 0.25) is 10.0 Å². The van der Waals surface area contributed by atoms with Crippen LogP contribution in [0.2, 0.25) is 5.02 Å². The molecule has 0 spiro atoms. The van der Waals surface area contributed by atoms with Gasteiger partial charge in [0.1, 0.15) is 0 Å². The number of benzene rings is 1. The minimum atomic E-state index is -3.58. The highest BCUT2D eigenvalue weighted by atomic mass is 35.5. The van der Waals surface area contributed by atoms with Gasteiger partial charge in [0.15, 0.2) is 0 Å². The summed E-state index contributed by atoms with van der Waals surface area (Å²) >= 11 is 6.06. The molecule has 1 amide bonds. The van der Waals surface area contributed by atoms with E-state index in [1.165, 1.54) is 22.5 Å². The molecule has 1 saturated heterocycles. The van der Waals surface area contributed by atoms with Crippen molar-refractivity contribution in [1.29, 1.82) is 0 Å². The summed E-state index contributed by atoms with van der Waals surface area (Å²) in [6.45, 7) is 5.73. The molecule has 0 N–H and O–H groups in total. The van der Waals surface area contributed by atoms with Gasteiger partial charge in [0, 0.05) is 26.2 Å². The van der Waals surface area contributed by atoms with Gasteiger partial charge in [-0.25, -0.2) is 8.42 Å². The Labute approximate surface area is 130 Å². The van der Waals surface area contributed by atoms with E-state index in [2.05, 4.69) is 0 Å². The Balaban J connectivity index is 2.40. The summed E-state index contributed by atoms with van der Waals surface area (Å²) in [6.07, 6.45) is 0.973. The van der Waals surface area contributed by atoms with Gasteiger partial charge in [-0.15, -0.1) is 0 Å². The zero-order chi connectivity index (χ0) is 15.6. The maximum absolute atomic E-state index is 12.5. The second-order valence-electron chi connectivity index (χ2n) is 4.88. The highest BCUT2D eigenvalue weighted by Crippen LogP contribution is 2.25. The van der Waals surface area contributed by atoms with Crippen molar-refractivity contribution in [2.45, 2.75) is 25.2 Å². The molecule has 0 atom stereocenters. The molecule has 2 rings (SSSR count). The number of rotatable bonds is 5. The average molecular weight is 331 g/mol. The average Bonchev–Trinajstić information content (AvgIpc) is 2.37. The minimum absolute atomic E-state index is 0.111. The Kier molecular flexibility index (Phi) is 4.91. The first-order valence-corrected chi connectivity index (χ1v) is 8.82. The fourth-order valence-corrected chi connectivity index (χ4v) is 3.91. The number of hydrogen-bond acceptors (Lipinski definition) is 3. The first-order valence-electron chi connectivity index (χ1n) is 7.00. The smallest absolute Gasteiger partial charge is 0.255 e. The first-order chi connectivity index (χ1) is 9.91. The first kappa shape index (κ1) is 16.3. The summed E-state index contributed by atoms with van der Waals surface area (Å²) < 4.78 is 26.3. The predicted molar refractivity (Wildman–Crippen MR) is 82.1 cm³/mol. The lowest BCUT2D eigenvalue weighted by molar-refractivity contribution is 0.0652. The number of carbonyl (C=O) groups excluding carboxylic acids is 1. The molecular weight excluding hydrogens is 312 g/mol. The minimum Gasteiger partial charge on any atom is -0.338 e. The van der Waals surface area contributed by atoms with Crippen molar-refractivity contribution in [1.82, 2.24) is 9.21 Å². The van der Waals surface area contributed by atoms with Crippen molar-refractivity contribution in [3.8, 4) is 0 Å². The Morgan fingerprint density at radius 3 is 2.38 bits per heavy atom. The summed E-state index contributed by atoms with van der Waals surface area (Å²) in [5.41, 5.74) is 0.254. The second kappa shape index (κ2) is 6.34. The molecule has 1 aromatic rings. The van der Waals surface area contributed by atoms with Gasteiger partial charge in [0.05, 0.1) is 15.5 Å². The summed E-state index contributed by atoms with van der Waals surface area (Å²) in [5.74, 6) is -0.206. The van der Waals surface area contributed by atoms with Gasteiger partial charge in [-0.2, -0.15) is 4.31 Å². The van der Waals surface area contributed by atoms with E-state index < -0.39 is 10.0 Å². The zero-order valence-corrected chi connectivity index (χ0v) is 13.7. The summed E-state index contributed by atoms with van der Waals surface area (Å²) in [5, 5.41) is 0.283. The van der Waals surface area contributed by atoms with E-state index in [0.717, 1.165) is 6.42 Å². The van der Waals surface area contributed by atoms with Crippen LogP contribution in [0.1, 0.15) is 30.6 Å². The van der Waals surface area contributed by atoms with Crippen LogP contribution in [0.3, 0.4) is 0 Å². The van der Waals surface area contributed by atoms with E-state index in [-0.39, 0.29) is 21.4 Å². The molecule has 7 heteroatoms. The second-order valence-corrected chi connectivity index (χ2v) is 7.22. The molecule has 0 radical (unpaired) electrons. The van der Waals surface area contributed by atoms with Crippen LogP contribution in [0.25, 0.3) is 0 Å². The third kappa shape index (κ3) is 3.07. The number of sulfonamides is 1. The van der Waals surface area contributed by atoms with Crippen molar-refractivity contribution in [2.75, 3.05) is 26.2 Å². The summed E-state index contributed by atoms with van der Waals surface area (Å²) in [6, 6.07) is 4.31. The predicted octanol–water partition coefficient (Wildman–Crippen LogP) is 2.22. The molecule has 0 bridgehead atoms. The van der Waals surface area contributed by atoms with E-state index in [9.17, 15) is 13.2 Å². The molecule has 1 aliphatic heterocycles. The van der Waals surface area contributed by atoms with Gasteiger partial charge in [-0.05, 0) is 24.6 Å². The van der Waals surface area contributed by atoms with Crippen molar-refractivity contribution >= 4 is 27.5 Å². The number of amides is 1. The molecule has 0 aliphatic carbocycles. The van der Waals surface area contributed by atoms with Gasteiger partial charge in [0.25, 0.3) is 5.91 Å². The number of carbonyl (C=O) groups is 1. The maximum Gasteiger partial charge on any atom is 0.255 e. The summed E-state index contributed by atoms with van der Waals surface area (Å²) in [4.78, 5) is 14.0. The lowest BCUT2D eigenvalue weighted by Gasteiger charge is -2.31. The topological polar surface area (TPSA) is 57.7 Å². The van der Waals surface area contributed by atoms with Crippen molar-refractivity contribution in [3.63, 3.8) is 0 Å². The highest BCUT2D eigenvalue weighted by molar-refractivity contribution is 7.89. The molecule has 0 aromatic heterocycles. The Hall–Kier alpha value is -1.11. The van der Waals surface area contributed by atoms with Crippen LogP contribution in [0.4, 0.5) is 0 Å². The molecule has 0 saturated carbocycles. The highest BCUT2D eigenvalue weighted by Gasteiger charge is 2.27. The van der Waals surface area contributed by atoms with Crippen molar-refractivity contribution < 1.29 is 13.2 Å². The summed E-state index contributed by atoms with van der Waals surface area (Å²) in [7, 11) is -3.58. The van der Waals surface area contributed by atoms with Gasteiger partial charge >= 0.3 is 0 Å². The van der Waals surface area contributed by atoms with Crippen LogP contribution in [0.5, 0.6) is 0 Å². The molecule has 116 valence electrons. The van der Waals surface area contributed by atoms with Crippen molar-refractivity contribution in [2.24, 2.45) is 0 Å². The maximum atomic E-state index is 12.5. The van der Waals surface area contributed by atoms with Gasteiger partial charge in [-0.1, -0.05) is 25.4 Å². The SMILES string of the molecule is CCN(CC)S(=O)(=O)c1ccc(Cl)c(C(=O)N2CCC2)c1. The monoisotopic (exact) mass is 330 g/mol. The fourth-order valence-electron chi connectivity index (χ4n) is 2.23. The Morgan fingerprint density at radius 2 is 1.90 bits per heavy atom. The van der Waals surface area contributed by atoms with E-state index in [1.807, 2.05) is 0 Å². The lowest BCUT2D eigenvalue weighted by Crippen LogP contribution is -2.42. The largest absolute Gasteiger partial charge is 0.338 e. The number of likely N-dealkylation sites (tertiary alicyclic amines) is 1. The number of halogens is 1. The lowest BCUT2D eigenvalue weighted by atomic mass is 10.1. The molecule has 1 aliphatic rings. The molecule has 0 unspecified atom stereocenters. The van der Waals surface area contributed by atoms with Crippen LogP contribution >= 0.6 is 11.6 Å². The normalized spacial score (nSPS) is 15.1. The molecule has 5 nitrogen and oxygen atoms in total. The Morgan fingerprint density at radius 1 is 1.29 bits per heavy atom. The van der Waals surface area contributed by atoms with Gasteiger partial charge in [-0.3, -0.25) is 4.79 Å². The molecule has 1 fully saturated rings. The van der Waals surface area contributed by atoms with Crippen LogP contribution in [0, 0.1) is 0 Å². The molecule has 21 heavy (non-hydrogen) atoms. The van der Waals surface area contributed by atoms with Crippen LogP contribution < -0.4 is 0 Å². The van der Waals surface area contributed by atoms with E-state index in [1.54, 1.807) is 18.7 Å². The Bertz CT molecular complexity index is 638. The van der Waals surface area contributed by atoms with E-state index in [4.69, 9.17) is 11.6 Å². The standard InChI is InChI=1S/C14H19ClN2O3S/c1-3-17(4-2)21(19,20)11-6-7-13(15)12(10-11)14(18)16-8-5-9-16/h6-7,10H,3-5,8-9H2,1-2H3. The van der Waals surface area contributed by atoms with Crippen molar-refractivity contribution in [3.05, 3.63) is 28.8 Å². The number of hydrogen-bond donors (Lipinski definition) is 0. The molecule has 1 aromatic carbocycles. The van der Waals surface area contributed by atoms with E-state index in [0.29, 0.717) is 26.2 Å². The van der Waals surface area contributed by atoms with Crippen LogP contribution in [-0.2, 0) is 10.0 Å². The third-order valence-corrected chi connectivity index (χ3v) is 6.03. The molecule has 1 heterocycles. The molecular formula is C14H19ClN2O3S. The zero-order valence-electron chi connectivity index (χ0n) is 12.2. The van der Waals surface area contributed by atoms with E-state index >= 15 is 0 Å². The third-order valence-electron chi connectivity index (χ3n) is 3.65. The fraction of sp³-hybridized carbons (Fsp3) is 0.500. The van der Waals surface area contributed by atoms with Gasteiger partial charge < -0.3 is 4.90 Å². The van der Waals surface area contributed by atoms with Crippen LogP contribution in [0.15, 0.2) is 23.1 Å². The quantitative estimate of drug-likeness (QED) is 0.831.